The Morgan fingerprint density at radius 3 is 2.67 bits per heavy atom. The Hall–Kier alpha value is -1.92. The lowest BCUT2D eigenvalue weighted by molar-refractivity contribution is 0.0694. The van der Waals surface area contributed by atoms with Crippen LogP contribution in [0.5, 0.6) is 0 Å². The largest absolute Gasteiger partial charge is 0.477 e. The Balaban J connectivity index is 2.90. The van der Waals surface area contributed by atoms with Crippen LogP contribution in [0.15, 0.2) is 23.3 Å². The molecule has 0 radical (unpaired) electrons. The van der Waals surface area contributed by atoms with E-state index >= 15 is 0 Å². The molecule has 0 spiro atoms. The summed E-state index contributed by atoms with van der Waals surface area (Å²) in [4.78, 5) is 27.6. The van der Waals surface area contributed by atoms with E-state index in [1.54, 1.807) is 0 Å². The van der Waals surface area contributed by atoms with Gasteiger partial charge in [0.15, 0.2) is 0 Å². The smallest absolute Gasteiger partial charge is 0.341 e. The van der Waals surface area contributed by atoms with Crippen LogP contribution in [0.2, 0.25) is 5.02 Å². The average molecular weight is 311 g/mol. The maximum atomic E-state index is 12.2. The van der Waals surface area contributed by atoms with Crippen LogP contribution in [0.4, 0.5) is 0 Å². The normalized spacial score (nSPS) is 12.8. The topological polar surface area (TPSA) is 92.4 Å². The quantitative estimate of drug-likeness (QED) is 0.900. The van der Waals surface area contributed by atoms with Crippen molar-refractivity contribution in [1.82, 2.24) is 9.55 Å². The van der Waals surface area contributed by atoms with Crippen molar-refractivity contribution in [3.8, 4) is 0 Å². The van der Waals surface area contributed by atoms with Crippen LogP contribution < -0.4 is 5.43 Å². The number of carboxylic acid groups (broad SMARTS) is 1. The van der Waals surface area contributed by atoms with E-state index in [4.69, 9.17) is 11.6 Å². The van der Waals surface area contributed by atoms with Crippen LogP contribution in [0.1, 0.15) is 30.2 Å². The molecule has 6 nitrogen and oxygen atoms in total. The van der Waals surface area contributed by atoms with Gasteiger partial charge in [-0.05, 0) is 12.0 Å². The fourth-order valence-electron chi connectivity index (χ4n) is 2.23. The molecule has 0 amide bonds. The molecular formula is C14H15ClN2O4. The number of nitrogens with zero attached hydrogens (tertiary/aromatic N) is 2. The molecule has 1 unspecified atom stereocenters. The number of hydrogen-bond acceptors (Lipinski definition) is 4. The predicted octanol–water partition coefficient (Wildman–Crippen LogP) is 1.94. The van der Waals surface area contributed by atoms with Crippen LogP contribution in [0.25, 0.3) is 11.0 Å². The van der Waals surface area contributed by atoms with Gasteiger partial charge in [-0.15, -0.1) is 0 Å². The van der Waals surface area contributed by atoms with Crippen LogP contribution in [-0.2, 0) is 0 Å². The predicted molar refractivity (Wildman–Crippen MR) is 78.9 cm³/mol. The van der Waals surface area contributed by atoms with Gasteiger partial charge in [0.25, 0.3) is 0 Å². The third-order valence-corrected chi connectivity index (χ3v) is 3.59. The van der Waals surface area contributed by atoms with E-state index in [1.165, 1.54) is 23.0 Å². The van der Waals surface area contributed by atoms with Gasteiger partial charge in [-0.3, -0.25) is 4.79 Å². The molecule has 2 heterocycles. The van der Waals surface area contributed by atoms with E-state index in [0.29, 0.717) is 5.65 Å². The van der Waals surface area contributed by atoms with E-state index in [0.717, 1.165) is 0 Å². The first-order valence-electron chi connectivity index (χ1n) is 6.41. The van der Waals surface area contributed by atoms with Gasteiger partial charge in [0.2, 0.25) is 5.43 Å². The molecule has 1 atom stereocenters. The summed E-state index contributed by atoms with van der Waals surface area (Å²) in [5, 5.41) is 19.1. The highest BCUT2D eigenvalue weighted by molar-refractivity contribution is 6.31. The minimum absolute atomic E-state index is 0.0276. The average Bonchev–Trinajstić information content (AvgIpc) is 2.41. The third-order valence-electron chi connectivity index (χ3n) is 3.38. The molecule has 0 aliphatic carbocycles. The van der Waals surface area contributed by atoms with Crippen molar-refractivity contribution in [2.45, 2.75) is 19.9 Å². The molecule has 0 aromatic carbocycles. The molecule has 0 saturated carbocycles. The molecule has 112 valence electrons. The molecule has 0 saturated heterocycles. The second-order valence-electron chi connectivity index (χ2n) is 5.10. The molecule has 2 aromatic rings. The van der Waals surface area contributed by atoms with Gasteiger partial charge in [0.1, 0.15) is 11.2 Å². The summed E-state index contributed by atoms with van der Waals surface area (Å²) in [5.74, 6) is -1.30. The highest BCUT2D eigenvalue weighted by Crippen LogP contribution is 2.23. The van der Waals surface area contributed by atoms with Crippen molar-refractivity contribution < 1.29 is 15.0 Å². The maximum Gasteiger partial charge on any atom is 0.341 e. The molecule has 21 heavy (non-hydrogen) atoms. The summed E-state index contributed by atoms with van der Waals surface area (Å²) >= 11 is 5.84. The molecule has 0 bridgehead atoms. The number of aliphatic hydroxyl groups is 1. The highest BCUT2D eigenvalue weighted by Gasteiger charge is 2.21. The number of aromatic nitrogens is 2. The minimum atomic E-state index is -1.32. The Morgan fingerprint density at radius 2 is 2.14 bits per heavy atom. The molecule has 0 aliphatic heterocycles. The number of carboxylic acids is 1. The molecule has 0 aliphatic rings. The van der Waals surface area contributed by atoms with Crippen molar-refractivity contribution >= 4 is 28.6 Å². The van der Waals surface area contributed by atoms with Gasteiger partial charge < -0.3 is 14.8 Å². The number of aliphatic hydroxyl groups excluding tert-OH is 1. The number of carbonyl (C=O) groups is 1. The lowest BCUT2D eigenvalue weighted by Gasteiger charge is -2.23. The monoisotopic (exact) mass is 310 g/mol. The van der Waals surface area contributed by atoms with Gasteiger partial charge >= 0.3 is 5.97 Å². The van der Waals surface area contributed by atoms with Crippen LogP contribution in [-0.4, -0.2) is 32.3 Å². The van der Waals surface area contributed by atoms with Gasteiger partial charge in [-0.25, -0.2) is 9.78 Å². The van der Waals surface area contributed by atoms with Gasteiger partial charge in [-0.1, -0.05) is 25.4 Å². The zero-order chi connectivity index (χ0) is 15.7. The number of pyridine rings is 2. The van der Waals surface area contributed by atoms with Crippen LogP contribution in [0.3, 0.4) is 0 Å². The summed E-state index contributed by atoms with van der Waals surface area (Å²) < 4.78 is 1.53. The van der Waals surface area contributed by atoms with E-state index in [1.807, 2.05) is 13.8 Å². The van der Waals surface area contributed by atoms with Crippen molar-refractivity contribution in [2.75, 3.05) is 6.61 Å². The third kappa shape index (κ3) is 2.77. The highest BCUT2D eigenvalue weighted by atomic mass is 35.5. The van der Waals surface area contributed by atoms with E-state index < -0.39 is 11.4 Å². The zero-order valence-corrected chi connectivity index (χ0v) is 12.3. The Labute approximate surface area is 125 Å². The lowest BCUT2D eigenvalue weighted by Crippen LogP contribution is -2.25. The summed E-state index contributed by atoms with van der Waals surface area (Å²) in [6.45, 7) is 3.58. The minimum Gasteiger partial charge on any atom is -0.477 e. The van der Waals surface area contributed by atoms with Gasteiger partial charge in [-0.2, -0.15) is 0 Å². The van der Waals surface area contributed by atoms with Gasteiger partial charge in [0.05, 0.1) is 23.1 Å². The molecule has 2 N–H and O–H groups in total. The maximum absolute atomic E-state index is 12.2. The first-order chi connectivity index (χ1) is 9.86. The number of rotatable bonds is 4. The second-order valence-corrected chi connectivity index (χ2v) is 5.54. The summed E-state index contributed by atoms with van der Waals surface area (Å²) in [5.41, 5.74) is -0.697. The molecule has 0 fully saturated rings. The second kappa shape index (κ2) is 5.83. The lowest BCUT2D eigenvalue weighted by atomic mass is 10.0. The standard InChI is InChI=1S/C14H15ClN2O4/c1-7(2)11(6-18)17-5-10(14(20)21)12(19)9-3-8(15)4-16-13(9)17/h3-5,7,11,18H,6H2,1-2H3,(H,20,21). The van der Waals surface area contributed by atoms with E-state index in [2.05, 4.69) is 4.98 Å². The van der Waals surface area contributed by atoms with Crippen molar-refractivity contribution in [3.63, 3.8) is 0 Å². The molecule has 2 aromatic heterocycles. The number of halogens is 1. The Kier molecular flexibility index (Phi) is 4.29. The first kappa shape index (κ1) is 15.5. The summed E-state index contributed by atoms with van der Waals surface area (Å²) in [6, 6.07) is 1.00. The van der Waals surface area contributed by atoms with Crippen molar-refractivity contribution in [1.29, 1.82) is 0 Å². The summed E-state index contributed by atoms with van der Waals surface area (Å²) in [7, 11) is 0. The zero-order valence-electron chi connectivity index (χ0n) is 11.6. The number of fused-ring (bicyclic) bond motifs is 1. The van der Waals surface area contributed by atoms with Crippen LogP contribution in [0, 0.1) is 5.92 Å². The van der Waals surface area contributed by atoms with Crippen molar-refractivity contribution in [2.24, 2.45) is 5.92 Å². The first-order valence-corrected chi connectivity index (χ1v) is 6.79. The van der Waals surface area contributed by atoms with Gasteiger partial charge in [0, 0.05) is 12.4 Å². The van der Waals surface area contributed by atoms with E-state index in [9.17, 15) is 19.8 Å². The SMILES string of the molecule is CC(C)C(CO)n1cc(C(=O)O)c(=O)c2cc(Cl)cnc21. The summed E-state index contributed by atoms with van der Waals surface area (Å²) in [6.07, 6.45) is 2.61. The molecule has 2 rings (SSSR count). The number of hydrogen-bond donors (Lipinski definition) is 2. The fourth-order valence-corrected chi connectivity index (χ4v) is 2.39. The van der Waals surface area contributed by atoms with Crippen LogP contribution >= 0.6 is 11.6 Å². The molecular weight excluding hydrogens is 296 g/mol. The Morgan fingerprint density at radius 1 is 1.48 bits per heavy atom. The van der Waals surface area contributed by atoms with E-state index in [-0.39, 0.29) is 34.5 Å². The van der Waals surface area contributed by atoms with Crippen molar-refractivity contribution in [3.05, 3.63) is 39.3 Å². The number of aromatic carboxylic acids is 1. The molecule has 7 heteroatoms. The fraction of sp³-hybridized carbons (Fsp3) is 0.357. The Bertz CT molecular complexity index is 754.